The number of hydrogen-bond acceptors (Lipinski definition) is 3. The Balaban J connectivity index is 2.42. The Labute approximate surface area is 113 Å². The van der Waals surface area contributed by atoms with Gasteiger partial charge in [-0.05, 0) is 18.6 Å². The number of imidazole rings is 1. The molecular weight excluding hydrogens is 236 g/mol. The van der Waals surface area contributed by atoms with Crippen LogP contribution in [-0.4, -0.2) is 15.6 Å². The van der Waals surface area contributed by atoms with Crippen molar-refractivity contribution in [1.82, 2.24) is 14.9 Å². The zero-order chi connectivity index (χ0) is 13.8. The Bertz CT molecular complexity index is 605. The van der Waals surface area contributed by atoms with Crippen LogP contribution in [0.5, 0.6) is 0 Å². The van der Waals surface area contributed by atoms with Crippen molar-refractivity contribution in [2.45, 2.75) is 33.4 Å². The molecule has 0 saturated heterocycles. The highest BCUT2D eigenvalue weighted by Crippen LogP contribution is 2.18. The molecule has 0 fully saturated rings. The van der Waals surface area contributed by atoms with Gasteiger partial charge in [-0.25, -0.2) is 4.98 Å². The Hall–Kier alpha value is -2.12. The second kappa shape index (κ2) is 5.68. The maximum Gasteiger partial charge on any atom is 0.217 e. The average molecular weight is 254 g/mol. The molecule has 0 aliphatic carbocycles. The monoisotopic (exact) mass is 254 g/mol. The first-order chi connectivity index (χ1) is 9.11. The van der Waals surface area contributed by atoms with Crippen molar-refractivity contribution < 1.29 is 0 Å². The van der Waals surface area contributed by atoms with E-state index < -0.39 is 0 Å². The van der Waals surface area contributed by atoms with Crippen molar-refractivity contribution in [3.8, 4) is 11.8 Å². The minimum atomic E-state index is 0.412. The Kier molecular flexibility index (Phi) is 3.98. The van der Waals surface area contributed by atoms with Gasteiger partial charge in [0.2, 0.25) is 5.82 Å². The van der Waals surface area contributed by atoms with Gasteiger partial charge in [0.1, 0.15) is 6.07 Å². The summed E-state index contributed by atoms with van der Waals surface area (Å²) in [7, 11) is 0. The van der Waals surface area contributed by atoms with Gasteiger partial charge >= 0.3 is 0 Å². The van der Waals surface area contributed by atoms with Gasteiger partial charge in [0.15, 0.2) is 0 Å². The fraction of sp³-hybridized carbons (Fsp3) is 0.333. The summed E-state index contributed by atoms with van der Waals surface area (Å²) in [6.07, 6.45) is 3.47. The van der Waals surface area contributed by atoms with Crippen molar-refractivity contribution in [2.24, 2.45) is 0 Å². The van der Waals surface area contributed by atoms with E-state index in [1.807, 2.05) is 16.8 Å². The number of aromatic nitrogens is 2. The van der Waals surface area contributed by atoms with Gasteiger partial charge in [-0.3, -0.25) is 4.57 Å². The molecule has 1 aromatic heterocycles. The van der Waals surface area contributed by atoms with E-state index in [4.69, 9.17) is 5.26 Å². The van der Waals surface area contributed by atoms with Gasteiger partial charge in [-0.15, -0.1) is 0 Å². The highest BCUT2D eigenvalue weighted by molar-refractivity contribution is 5.45. The molecule has 0 unspecified atom stereocenters. The molecule has 2 aromatic rings. The summed E-state index contributed by atoms with van der Waals surface area (Å²) in [5, 5.41) is 12.5. The number of benzene rings is 1. The first kappa shape index (κ1) is 13.3. The van der Waals surface area contributed by atoms with Crippen LogP contribution >= 0.6 is 0 Å². The van der Waals surface area contributed by atoms with Gasteiger partial charge < -0.3 is 5.32 Å². The molecule has 1 N–H and O–H groups in total. The third-order valence-corrected chi connectivity index (χ3v) is 2.94. The fourth-order valence-corrected chi connectivity index (χ4v) is 1.99. The zero-order valence-electron chi connectivity index (χ0n) is 11.5. The SMILES string of the molecule is Cc1ccc(-n2ccnc2C#N)c(CNC(C)C)c1. The van der Waals surface area contributed by atoms with E-state index in [0.717, 1.165) is 12.2 Å². The molecule has 0 saturated carbocycles. The molecule has 0 aliphatic heterocycles. The summed E-state index contributed by atoms with van der Waals surface area (Å²) >= 11 is 0. The Morgan fingerprint density at radius 3 is 2.89 bits per heavy atom. The Morgan fingerprint density at radius 1 is 1.42 bits per heavy atom. The maximum absolute atomic E-state index is 9.08. The second-order valence-corrected chi connectivity index (χ2v) is 4.90. The van der Waals surface area contributed by atoms with Crippen LogP contribution in [0.15, 0.2) is 30.6 Å². The quantitative estimate of drug-likeness (QED) is 0.912. The fourth-order valence-electron chi connectivity index (χ4n) is 1.99. The van der Waals surface area contributed by atoms with E-state index in [0.29, 0.717) is 11.9 Å². The van der Waals surface area contributed by atoms with E-state index in [1.54, 1.807) is 6.20 Å². The van der Waals surface area contributed by atoms with Gasteiger partial charge in [-0.1, -0.05) is 31.5 Å². The van der Waals surface area contributed by atoms with Crippen LogP contribution in [-0.2, 0) is 6.54 Å². The molecule has 0 spiro atoms. The summed E-state index contributed by atoms with van der Waals surface area (Å²) in [4.78, 5) is 4.05. The number of nitrogens with zero attached hydrogens (tertiary/aromatic N) is 3. The summed E-state index contributed by atoms with van der Waals surface area (Å²) < 4.78 is 1.83. The van der Waals surface area contributed by atoms with Crippen LogP contribution in [0.1, 0.15) is 30.8 Å². The van der Waals surface area contributed by atoms with Gasteiger partial charge in [0.25, 0.3) is 0 Å². The summed E-state index contributed by atoms with van der Waals surface area (Å²) in [5.41, 5.74) is 3.39. The molecule has 98 valence electrons. The molecule has 1 aromatic carbocycles. The molecule has 0 bridgehead atoms. The minimum Gasteiger partial charge on any atom is -0.310 e. The number of nitriles is 1. The van der Waals surface area contributed by atoms with Crippen molar-refractivity contribution in [2.75, 3.05) is 0 Å². The van der Waals surface area contributed by atoms with Crippen LogP contribution in [0.2, 0.25) is 0 Å². The molecule has 19 heavy (non-hydrogen) atoms. The summed E-state index contributed by atoms with van der Waals surface area (Å²) in [6, 6.07) is 8.77. The predicted octanol–water partition coefficient (Wildman–Crippen LogP) is 2.55. The molecule has 0 amide bonds. The highest BCUT2D eigenvalue weighted by Gasteiger charge is 2.09. The van der Waals surface area contributed by atoms with Crippen LogP contribution in [0.4, 0.5) is 0 Å². The van der Waals surface area contributed by atoms with Gasteiger partial charge in [-0.2, -0.15) is 5.26 Å². The normalized spacial score (nSPS) is 10.7. The highest BCUT2D eigenvalue weighted by atomic mass is 15.1. The molecule has 4 nitrogen and oxygen atoms in total. The average Bonchev–Trinajstić information content (AvgIpc) is 2.84. The third-order valence-electron chi connectivity index (χ3n) is 2.94. The second-order valence-electron chi connectivity index (χ2n) is 4.90. The van der Waals surface area contributed by atoms with Gasteiger partial charge in [0.05, 0.1) is 5.69 Å². The minimum absolute atomic E-state index is 0.412. The first-order valence-electron chi connectivity index (χ1n) is 6.38. The number of hydrogen-bond donors (Lipinski definition) is 1. The van der Waals surface area contributed by atoms with E-state index in [9.17, 15) is 0 Å². The third kappa shape index (κ3) is 3.01. The lowest BCUT2D eigenvalue weighted by molar-refractivity contribution is 0.587. The molecule has 0 aliphatic rings. The van der Waals surface area contributed by atoms with Crippen molar-refractivity contribution in [1.29, 1.82) is 5.26 Å². The van der Waals surface area contributed by atoms with Crippen molar-refractivity contribution >= 4 is 0 Å². The predicted molar refractivity (Wildman–Crippen MR) is 75.0 cm³/mol. The standard InChI is InChI=1S/C15H18N4/c1-11(2)18-10-13-8-12(3)4-5-14(13)19-7-6-17-15(19)9-16/h4-8,11,18H,10H2,1-3H3. The largest absolute Gasteiger partial charge is 0.310 e. The number of rotatable bonds is 4. The number of aryl methyl sites for hydroxylation is 1. The lowest BCUT2D eigenvalue weighted by Gasteiger charge is -2.14. The molecule has 1 heterocycles. The topological polar surface area (TPSA) is 53.6 Å². The molecular formula is C15H18N4. The molecule has 0 atom stereocenters. The number of nitrogens with one attached hydrogen (secondary N) is 1. The van der Waals surface area contributed by atoms with Crippen LogP contribution < -0.4 is 5.32 Å². The molecule has 4 heteroatoms. The smallest absolute Gasteiger partial charge is 0.217 e. The van der Waals surface area contributed by atoms with Gasteiger partial charge in [0, 0.05) is 25.0 Å². The lowest BCUT2D eigenvalue weighted by atomic mass is 10.1. The molecule has 0 radical (unpaired) electrons. The molecule has 2 rings (SSSR count). The van der Waals surface area contributed by atoms with E-state index in [-0.39, 0.29) is 0 Å². The van der Waals surface area contributed by atoms with Crippen molar-refractivity contribution in [3.63, 3.8) is 0 Å². The maximum atomic E-state index is 9.08. The van der Waals surface area contributed by atoms with E-state index in [2.05, 4.69) is 49.3 Å². The van der Waals surface area contributed by atoms with E-state index >= 15 is 0 Å². The van der Waals surface area contributed by atoms with Crippen LogP contribution in [0, 0.1) is 18.3 Å². The van der Waals surface area contributed by atoms with Crippen LogP contribution in [0.25, 0.3) is 5.69 Å². The van der Waals surface area contributed by atoms with E-state index in [1.165, 1.54) is 11.1 Å². The Morgan fingerprint density at radius 2 is 2.21 bits per heavy atom. The summed E-state index contributed by atoms with van der Waals surface area (Å²) in [6.45, 7) is 7.08. The van der Waals surface area contributed by atoms with Crippen molar-refractivity contribution in [3.05, 3.63) is 47.5 Å². The zero-order valence-corrected chi connectivity index (χ0v) is 11.5. The first-order valence-corrected chi connectivity index (χ1v) is 6.38. The van der Waals surface area contributed by atoms with Crippen LogP contribution in [0.3, 0.4) is 0 Å². The summed E-state index contributed by atoms with van der Waals surface area (Å²) in [5.74, 6) is 0.412. The lowest BCUT2D eigenvalue weighted by Crippen LogP contribution is -2.22.